The van der Waals surface area contributed by atoms with Gasteiger partial charge in [0.2, 0.25) is 10.0 Å². The minimum atomic E-state index is -3.65. The number of aliphatic hydroxyl groups excluding tert-OH is 1. The van der Waals surface area contributed by atoms with Crippen LogP contribution in [0.3, 0.4) is 0 Å². The molecule has 1 heterocycles. The van der Waals surface area contributed by atoms with E-state index in [9.17, 15) is 23.1 Å². The SMILES string of the molecule is Cc1csc(CN(C)C(=O)c2cc(C(=O)C[C@@H](Cc3ccccc3)[C@H](O)C3CCCC3)cc(N(C)S(C)(=O)=O)c2)n1. The number of carbonyl (C=O) groups excluding carboxylic acids is 2. The van der Waals surface area contributed by atoms with Crippen LogP contribution >= 0.6 is 11.3 Å². The highest BCUT2D eigenvalue weighted by Crippen LogP contribution is 2.34. The smallest absolute Gasteiger partial charge is 0.254 e. The first kappa shape index (κ1) is 30.9. The van der Waals surface area contributed by atoms with Crippen molar-refractivity contribution in [3.8, 4) is 0 Å². The summed E-state index contributed by atoms with van der Waals surface area (Å²) < 4.78 is 25.9. The second-order valence-electron chi connectivity index (χ2n) is 11.2. The van der Waals surface area contributed by atoms with E-state index in [0.717, 1.165) is 52.5 Å². The van der Waals surface area contributed by atoms with Crippen LogP contribution in [0, 0.1) is 18.8 Å². The summed E-state index contributed by atoms with van der Waals surface area (Å²) >= 11 is 1.46. The van der Waals surface area contributed by atoms with Crippen molar-refractivity contribution in [1.82, 2.24) is 9.88 Å². The van der Waals surface area contributed by atoms with Gasteiger partial charge in [0.1, 0.15) is 5.01 Å². The monoisotopic (exact) mass is 597 g/mol. The van der Waals surface area contributed by atoms with Gasteiger partial charge in [0.05, 0.1) is 24.6 Å². The summed E-state index contributed by atoms with van der Waals surface area (Å²) in [6, 6.07) is 14.4. The third-order valence-corrected chi connectivity index (χ3v) is 10.0. The summed E-state index contributed by atoms with van der Waals surface area (Å²) in [6.45, 7) is 2.18. The predicted octanol–water partition coefficient (Wildman–Crippen LogP) is 5.10. The number of Topliss-reactive ketones (excluding diaryl/α,β-unsaturated/α-hetero) is 1. The number of nitrogens with zero attached hydrogens (tertiary/aromatic N) is 3. The summed E-state index contributed by atoms with van der Waals surface area (Å²) in [6.07, 6.45) is 5.12. The Morgan fingerprint density at radius 3 is 2.34 bits per heavy atom. The van der Waals surface area contributed by atoms with Crippen LogP contribution in [0.2, 0.25) is 0 Å². The van der Waals surface area contributed by atoms with Crippen LogP contribution < -0.4 is 4.31 Å². The number of thiazole rings is 1. The van der Waals surface area contributed by atoms with Gasteiger partial charge >= 0.3 is 0 Å². The highest BCUT2D eigenvalue weighted by molar-refractivity contribution is 7.92. The highest BCUT2D eigenvalue weighted by atomic mass is 32.2. The summed E-state index contributed by atoms with van der Waals surface area (Å²) in [5.74, 6) is -0.736. The number of sulfonamides is 1. The van der Waals surface area contributed by atoms with E-state index in [-0.39, 0.29) is 46.8 Å². The van der Waals surface area contributed by atoms with Crippen LogP contribution in [0.15, 0.2) is 53.9 Å². The standard InChI is InChI=1S/C31H39N3O5S2/c1-21-20-40-29(32-21)19-33(2)31(37)26-15-24(16-27(17-26)34(3)41(4,38)39)28(35)18-25(14-22-10-6-5-7-11-22)30(36)23-12-8-9-13-23/h5-7,10-11,15-17,20,23,25,30,36H,8-9,12-14,18-19H2,1-4H3/t25-,30-/m1/s1. The van der Waals surface area contributed by atoms with E-state index in [1.54, 1.807) is 7.05 Å². The first-order valence-corrected chi connectivity index (χ1v) is 16.7. The molecule has 0 aliphatic heterocycles. The molecule has 2 atom stereocenters. The molecular formula is C31H39N3O5S2. The van der Waals surface area contributed by atoms with Crippen molar-refractivity contribution in [1.29, 1.82) is 0 Å². The maximum atomic E-state index is 13.8. The topological polar surface area (TPSA) is 108 Å². The Balaban J connectivity index is 1.65. The van der Waals surface area contributed by atoms with E-state index in [1.807, 2.05) is 42.6 Å². The minimum absolute atomic E-state index is 0.0838. The maximum Gasteiger partial charge on any atom is 0.254 e. The molecule has 1 aliphatic carbocycles. The molecule has 1 aliphatic rings. The van der Waals surface area contributed by atoms with E-state index in [0.29, 0.717) is 13.0 Å². The van der Waals surface area contributed by atoms with Crippen molar-refractivity contribution in [2.24, 2.45) is 11.8 Å². The lowest BCUT2D eigenvalue weighted by molar-refractivity contribution is 0.0456. The molecule has 0 saturated heterocycles. The first-order valence-electron chi connectivity index (χ1n) is 13.9. The van der Waals surface area contributed by atoms with Crippen LogP contribution in [0.25, 0.3) is 0 Å². The second kappa shape index (κ2) is 13.3. The molecule has 2 aromatic carbocycles. The molecule has 1 fully saturated rings. The zero-order chi connectivity index (χ0) is 29.7. The Kier molecular flexibility index (Phi) is 9.99. The number of benzene rings is 2. The van der Waals surface area contributed by atoms with Gasteiger partial charge in [0.25, 0.3) is 5.91 Å². The molecule has 1 amide bonds. The summed E-state index contributed by atoms with van der Waals surface area (Å²) in [5, 5.41) is 14.1. The zero-order valence-electron chi connectivity index (χ0n) is 24.1. The van der Waals surface area contributed by atoms with Crippen molar-refractivity contribution in [2.75, 3.05) is 24.7 Å². The van der Waals surface area contributed by atoms with Gasteiger partial charge in [0.15, 0.2) is 5.78 Å². The fourth-order valence-electron chi connectivity index (χ4n) is 5.51. The average Bonchev–Trinajstić information content (AvgIpc) is 3.63. The van der Waals surface area contributed by atoms with Gasteiger partial charge in [0, 0.05) is 42.7 Å². The molecule has 0 unspecified atom stereocenters. The lowest BCUT2D eigenvalue weighted by Gasteiger charge is -2.28. The Morgan fingerprint density at radius 2 is 1.73 bits per heavy atom. The molecule has 0 radical (unpaired) electrons. The molecule has 4 rings (SSSR count). The van der Waals surface area contributed by atoms with E-state index in [1.165, 1.54) is 41.5 Å². The summed E-state index contributed by atoms with van der Waals surface area (Å²) in [4.78, 5) is 33.2. The number of ketones is 1. The van der Waals surface area contributed by atoms with Gasteiger partial charge in [-0.15, -0.1) is 11.3 Å². The van der Waals surface area contributed by atoms with Gasteiger partial charge in [-0.1, -0.05) is 43.2 Å². The Labute approximate surface area is 247 Å². The number of carbonyl (C=O) groups is 2. The molecule has 8 nitrogen and oxygen atoms in total. The Hall–Kier alpha value is -3.08. The molecule has 3 aromatic rings. The van der Waals surface area contributed by atoms with Gasteiger partial charge in [-0.05, 0) is 61.8 Å². The van der Waals surface area contributed by atoms with Crippen molar-refractivity contribution in [3.05, 3.63) is 81.3 Å². The number of hydrogen-bond donors (Lipinski definition) is 1. The summed E-state index contributed by atoms with van der Waals surface area (Å²) in [5.41, 5.74) is 2.61. The van der Waals surface area contributed by atoms with Gasteiger partial charge < -0.3 is 10.0 Å². The number of aromatic nitrogens is 1. The maximum absolute atomic E-state index is 13.8. The summed E-state index contributed by atoms with van der Waals surface area (Å²) in [7, 11) is -0.592. The number of anilines is 1. The van der Waals surface area contributed by atoms with Gasteiger partial charge in [-0.25, -0.2) is 13.4 Å². The molecule has 0 bridgehead atoms. The Bertz CT molecular complexity index is 1470. The highest BCUT2D eigenvalue weighted by Gasteiger charge is 2.32. The minimum Gasteiger partial charge on any atom is -0.393 e. The molecule has 1 aromatic heterocycles. The van der Waals surface area contributed by atoms with Crippen LogP contribution in [0.5, 0.6) is 0 Å². The predicted molar refractivity (Wildman–Crippen MR) is 163 cm³/mol. The number of rotatable bonds is 12. The molecule has 1 saturated carbocycles. The molecule has 220 valence electrons. The van der Waals surface area contributed by atoms with E-state index in [4.69, 9.17) is 0 Å². The number of aliphatic hydroxyl groups is 1. The van der Waals surface area contributed by atoms with Crippen LogP contribution in [0.4, 0.5) is 5.69 Å². The van der Waals surface area contributed by atoms with Gasteiger partial charge in [-0.3, -0.25) is 13.9 Å². The lowest BCUT2D eigenvalue weighted by atomic mass is 9.81. The van der Waals surface area contributed by atoms with E-state index >= 15 is 0 Å². The number of aryl methyl sites for hydroxylation is 1. The third-order valence-electron chi connectivity index (χ3n) is 7.89. The number of hydrogen-bond acceptors (Lipinski definition) is 7. The molecule has 0 spiro atoms. The largest absolute Gasteiger partial charge is 0.393 e. The van der Waals surface area contributed by atoms with Crippen LogP contribution in [-0.2, 0) is 23.0 Å². The Morgan fingerprint density at radius 1 is 1.07 bits per heavy atom. The van der Waals surface area contributed by atoms with Gasteiger partial charge in [-0.2, -0.15) is 0 Å². The van der Waals surface area contributed by atoms with Crippen LogP contribution in [-0.4, -0.2) is 61.6 Å². The molecule has 10 heteroatoms. The fraction of sp³-hybridized carbons (Fsp3) is 0.452. The first-order chi connectivity index (χ1) is 19.4. The van der Waals surface area contributed by atoms with Crippen LogP contribution in [0.1, 0.15) is 69.1 Å². The fourth-order valence-corrected chi connectivity index (χ4v) is 6.82. The zero-order valence-corrected chi connectivity index (χ0v) is 25.7. The molecular weight excluding hydrogens is 558 g/mol. The lowest BCUT2D eigenvalue weighted by Crippen LogP contribution is -2.31. The van der Waals surface area contributed by atoms with Crippen molar-refractivity contribution >= 4 is 38.7 Å². The van der Waals surface area contributed by atoms with Crippen molar-refractivity contribution in [3.63, 3.8) is 0 Å². The molecule has 1 N–H and O–H groups in total. The second-order valence-corrected chi connectivity index (χ2v) is 14.1. The van der Waals surface area contributed by atoms with Crippen molar-refractivity contribution in [2.45, 2.75) is 58.1 Å². The number of amides is 1. The third kappa shape index (κ3) is 8.02. The van der Waals surface area contributed by atoms with E-state index in [2.05, 4.69) is 4.98 Å². The normalized spacial score (nSPS) is 15.4. The molecule has 41 heavy (non-hydrogen) atoms. The average molecular weight is 598 g/mol. The van der Waals surface area contributed by atoms with E-state index < -0.39 is 16.1 Å². The van der Waals surface area contributed by atoms with Crippen molar-refractivity contribution < 1.29 is 23.1 Å². The quantitative estimate of drug-likeness (QED) is 0.291.